The van der Waals surface area contributed by atoms with E-state index in [1.165, 1.54) is 0 Å². The molecule has 0 aliphatic heterocycles. The first kappa shape index (κ1) is 14.9. The fourth-order valence-corrected chi connectivity index (χ4v) is 1.17. The summed E-state index contributed by atoms with van der Waals surface area (Å²) in [7, 11) is 0. The van der Waals surface area contributed by atoms with Gasteiger partial charge < -0.3 is 10.4 Å². The molecule has 4 nitrogen and oxygen atoms in total. The first-order valence-electron chi connectivity index (χ1n) is 5.66. The van der Waals surface area contributed by atoms with E-state index in [1.807, 2.05) is 34.6 Å². The molecule has 0 aliphatic carbocycles. The molecule has 0 aliphatic rings. The number of amides is 1. The highest BCUT2D eigenvalue weighted by molar-refractivity contribution is 5.79. The average Bonchev–Trinajstić information content (AvgIpc) is 2.11. The molecular weight excluding hydrogens is 206 g/mol. The summed E-state index contributed by atoms with van der Waals surface area (Å²) in [5.74, 6) is -0.921. The lowest BCUT2D eigenvalue weighted by molar-refractivity contribution is -0.137. The molecule has 0 heterocycles. The molecule has 1 amide bonds. The van der Waals surface area contributed by atoms with Crippen molar-refractivity contribution >= 4 is 11.9 Å². The second-order valence-electron chi connectivity index (χ2n) is 5.43. The van der Waals surface area contributed by atoms with Gasteiger partial charge in [-0.1, -0.05) is 27.7 Å². The summed E-state index contributed by atoms with van der Waals surface area (Å²) in [5.41, 5.74) is -0.0728. The number of carboxylic acids is 1. The van der Waals surface area contributed by atoms with Crippen LogP contribution in [0.4, 0.5) is 0 Å². The van der Waals surface area contributed by atoms with Gasteiger partial charge in [0.2, 0.25) is 5.91 Å². The third-order valence-electron chi connectivity index (χ3n) is 2.87. The Morgan fingerprint density at radius 1 is 1.25 bits per heavy atom. The molecule has 0 aromatic heterocycles. The van der Waals surface area contributed by atoms with Gasteiger partial charge in [-0.05, 0) is 18.8 Å². The molecule has 94 valence electrons. The van der Waals surface area contributed by atoms with Gasteiger partial charge in [0, 0.05) is 18.4 Å². The first-order chi connectivity index (χ1) is 7.14. The van der Waals surface area contributed by atoms with E-state index in [2.05, 4.69) is 5.32 Å². The van der Waals surface area contributed by atoms with Crippen LogP contribution in [0.5, 0.6) is 0 Å². The Kier molecular flexibility index (Phi) is 5.48. The van der Waals surface area contributed by atoms with Crippen molar-refractivity contribution in [2.45, 2.75) is 53.5 Å². The minimum Gasteiger partial charge on any atom is -0.481 e. The molecule has 0 radical (unpaired) electrons. The van der Waals surface area contributed by atoms with Gasteiger partial charge in [0.05, 0.1) is 0 Å². The largest absolute Gasteiger partial charge is 0.481 e. The highest BCUT2D eigenvalue weighted by Gasteiger charge is 2.27. The van der Waals surface area contributed by atoms with E-state index >= 15 is 0 Å². The summed E-state index contributed by atoms with van der Waals surface area (Å²) < 4.78 is 0. The van der Waals surface area contributed by atoms with Crippen LogP contribution in [0.3, 0.4) is 0 Å². The predicted octanol–water partition coefficient (Wildman–Crippen LogP) is 2.04. The lowest BCUT2D eigenvalue weighted by Gasteiger charge is -2.27. The van der Waals surface area contributed by atoms with Gasteiger partial charge in [-0.15, -0.1) is 0 Å². The molecule has 0 spiro atoms. The van der Waals surface area contributed by atoms with Gasteiger partial charge in [0.25, 0.3) is 0 Å². The number of nitrogens with one attached hydrogen (secondary N) is 1. The quantitative estimate of drug-likeness (QED) is 0.758. The Labute approximate surface area is 97.4 Å². The summed E-state index contributed by atoms with van der Waals surface area (Å²) >= 11 is 0. The zero-order valence-corrected chi connectivity index (χ0v) is 10.8. The second-order valence-corrected chi connectivity index (χ2v) is 5.43. The number of rotatable bonds is 5. The van der Waals surface area contributed by atoms with Crippen molar-refractivity contribution < 1.29 is 14.7 Å². The van der Waals surface area contributed by atoms with Gasteiger partial charge in [0.1, 0.15) is 0 Å². The van der Waals surface area contributed by atoms with E-state index in [1.54, 1.807) is 0 Å². The maximum atomic E-state index is 11.8. The van der Waals surface area contributed by atoms with Gasteiger partial charge in [-0.25, -0.2) is 0 Å². The SMILES string of the molecule is CC(CCC(=O)O)NC(=O)C(C)C(C)(C)C. The zero-order valence-electron chi connectivity index (χ0n) is 10.8. The van der Waals surface area contributed by atoms with Gasteiger partial charge >= 0.3 is 5.97 Å². The second kappa shape index (κ2) is 5.87. The van der Waals surface area contributed by atoms with Crippen molar-refractivity contribution in [1.29, 1.82) is 0 Å². The molecule has 0 bridgehead atoms. The molecule has 16 heavy (non-hydrogen) atoms. The van der Waals surface area contributed by atoms with Gasteiger partial charge in [0.15, 0.2) is 0 Å². The molecular formula is C12H23NO3. The number of hydrogen-bond acceptors (Lipinski definition) is 2. The van der Waals surface area contributed by atoms with Crippen molar-refractivity contribution in [3.8, 4) is 0 Å². The smallest absolute Gasteiger partial charge is 0.303 e. The fraction of sp³-hybridized carbons (Fsp3) is 0.833. The van der Waals surface area contributed by atoms with E-state index in [9.17, 15) is 9.59 Å². The van der Waals surface area contributed by atoms with E-state index in [4.69, 9.17) is 5.11 Å². The van der Waals surface area contributed by atoms with Gasteiger partial charge in [-0.2, -0.15) is 0 Å². The first-order valence-corrected chi connectivity index (χ1v) is 5.66. The average molecular weight is 229 g/mol. The van der Waals surface area contributed by atoms with Crippen LogP contribution in [0.25, 0.3) is 0 Å². The lowest BCUT2D eigenvalue weighted by atomic mass is 9.81. The topological polar surface area (TPSA) is 66.4 Å². The van der Waals surface area contributed by atoms with Crippen LogP contribution in [-0.2, 0) is 9.59 Å². The molecule has 0 aromatic carbocycles. The van der Waals surface area contributed by atoms with Crippen LogP contribution in [0.2, 0.25) is 0 Å². The van der Waals surface area contributed by atoms with Crippen molar-refractivity contribution in [3.63, 3.8) is 0 Å². The molecule has 0 rings (SSSR count). The third kappa shape index (κ3) is 5.73. The normalized spacial score (nSPS) is 15.3. The van der Waals surface area contributed by atoms with Crippen molar-refractivity contribution in [3.05, 3.63) is 0 Å². The van der Waals surface area contributed by atoms with E-state index in [0.29, 0.717) is 6.42 Å². The molecule has 0 saturated heterocycles. The van der Waals surface area contributed by atoms with Crippen LogP contribution in [0.1, 0.15) is 47.5 Å². The predicted molar refractivity (Wildman–Crippen MR) is 63.1 cm³/mol. The fourth-order valence-electron chi connectivity index (χ4n) is 1.17. The Morgan fingerprint density at radius 3 is 2.12 bits per heavy atom. The minimum absolute atomic E-state index is 0.00890. The highest BCUT2D eigenvalue weighted by atomic mass is 16.4. The van der Waals surface area contributed by atoms with E-state index in [0.717, 1.165) is 0 Å². The summed E-state index contributed by atoms with van der Waals surface area (Å²) in [5, 5.41) is 11.4. The molecule has 2 atom stereocenters. The van der Waals surface area contributed by atoms with Crippen LogP contribution in [-0.4, -0.2) is 23.0 Å². The molecule has 4 heteroatoms. The summed E-state index contributed by atoms with van der Waals surface area (Å²) in [6.07, 6.45) is 0.559. The Morgan fingerprint density at radius 2 is 1.75 bits per heavy atom. The Hall–Kier alpha value is -1.06. The highest BCUT2D eigenvalue weighted by Crippen LogP contribution is 2.25. The number of carbonyl (C=O) groups is 2. The number of hydrogen-bond donors (Lipinski definition) is 2. The van der Waals surface area contributed by atoms with Crippen LogP contribution < -0.4 is 5.32 Å². The van der Waals surface area contributed by atoms with Crippen molar-refractivity contribution in [2.24, 2.45) is 11.3 Å². The summed E-state index contributed by atoms with van der Waals surface area (Å²) in [6, 6.07) is -0.0894. The summed E-state index contributed by atoms with van der Waals surface area (Å²) in [4.78, 5) is 22.2. The molecule has 2 unspecified atom stereocenters. The van der Waals surface area contributed by atoms with Crippen LogP contribution in [0, 0.1) is 11.3 Å². The maximum absolute atomic E-state index is 11.8. The van der Waals surface area contributed by atoms with Crippen molar-refractivity contribution in [2.75, 3.05) is 0 Å². The molecule has 0 saturated carbocycles. The zero-order chi connectivity index (χ0) is 12.9. The van der Waals surface area contributed by atoms with Crippen LogP contribution in [0.15, 0.2) is 0 Å². The minimum atomic E-state index is -0.829. The van der Waals surface area contributed by atoms with E-state index in [-0.39, 0.29) is 29.7 Å². The maximum Gasteiger partial charge on any atom is 0.303 e. The van der Waals surface area contributed by atoms with Crippen LogP contribution >= 0.6 is 0 Å². The number of carbonyl (C=O) groups excluding carboxylic acids is 1. The number of carboxylic acid groups (broad SMARTS) is 1. The summed E-state index contributed by atoms with van der Waals surface area (Å²) in [6.45, 7) is 9.76. The Bertz CT molecular complexity index is 255. The van der Waals surface area contributed by atoms with E-state index < -0.39 is 5.97 Å². The standard InChI is InChI=1S/C12H23NO3/c1-8(6-7-10(14)15)13-11(16)9(2)12(3,4)5/h8-9H,6-7H2,1-5H3,(H,13,16)(H,14,15). The molecule has 0 fully saturated rings. The molecule has 0 aromatic rings. The van der Waals surface area contributed by atoms with Crippen molar-refractivity contribution in [1.82, 2.24) is 5.32 Å². The monoisotopic (exact) mass is 229 g/mol. The van der Waals surface area contributed by atoms with Gasteiger partial charge in [-0.3, -0.25) is 9.59 Å². The Balaban J connectivity index is 4.09. The third-order valence-corrected chi connectivity index (χ3v) is 2.87. The molecule has 2 N–H and O–H groups in total. The number of aliphatic carboxylic acids is 1. The lowest BCUT2D eigenvalue weighted by Crippen LogP contribution is -2.40.